The first-order valence-corrected chi connectivity index (χ1v) is 5.73. The molecule has 0 saturated carbocycles. The van der Waals surface area contributed by atoms with Crippen LogP contribution in [0.1, 0.15) is 10.6 Å². The lowest BCUT2D eigenvalue weighted by Gasteiger charge is -2.22. The molecule has 1 N–H and O–H groups in total. The van der Waals surface area contributed by atoms with Crippen LogP contribution in [0.2, 0.25) is 0 Å². The van der Waals surface area contributed by atoms with Crippen LogP contribution in [-0.2, 0) is 0 Å². The molecule has 0 atom stereocenters. The maximum absolute atomic E-state index is 11.5. The lowest BCUT2D eigenvalue weighted by atomic mass is 10.4. The van der Waals surface area contributed by atoms with Gasteiger partial charge in [-0.05, 0) is 12.1 Å². The van der Waals surface area contributed by atoms with Crippen LogP contribution in [0, 0.1) is 0 Å². The summed E-state index contributed by atoms with van der Waals surface area (Å²) in [5, 5.41) is 2.74. The van der Waals surface area contributed by atoms with E-state index in [-0.39, 0.29) is 5.91 Å². The first kappa shape index (κ1) is 14.1. The molecule has 1 heterocycles. The Hall–Kier alpha value is -1.98. The molecule has 100 valence electrons. The van der Waals surface area contributed by atoms with Gasteiger partial charge in [0.05, 0.1) is 12.8 Å². The van der Waals surface area contributed by atoms with Crippen molar-refractivity contribution in [2.45, 2.75) is 0 Å². The third-order valence-corrected chi connectivity index (χ3v) is 2.20. The molecule has 0 spiro atoms. The van der Waals surface area contributed by atoms with Crippen LogP contribution in [0.15, 0.2) is 27.8 Å². The first-order valence-electron chi connectivity index (χ1n) is 5.73. The summed E-state index contributed by atoms with van der Waals surface area (Å²) in [4.78, 5) is 19.8. The van der Waals surface area contributed by atoms with Crippen molar-refractivity contribution >= 4 is 11.9 Å². The van der Waals surface area contributed by atoms with Crippen LogP contribution < -0.4 is 5.32 Å². The molecule has 18 heavy (non-hydrogen) atoms. The quantitative estimate of drug-likeness (QED) is 0.481. The summed E-state index contributed by atoms with van der Waals surface area (Å²) in [5.74, 6) is 0.966. The number of guanidine groups is 1. The van der Waals surface area contributed by atoms with E-state index in [0.29, 0.717) is 18.8 Å². The molecule has 6 heteroatoms. The van der Waals surface area contributed by atoms with Gasteiger partial charge >= 0.3 is 0 Å². The number of hydrogen-bond donors (Lipinski definition) is 1. The highest BCUT2D eigenvalue weighted by atomic mass is 16.3. The molecule has 0 aromatic carbocycles. The smallest absolute Gasteiger partial charge is 0.287 e. The molecular weight excluding hydrogens is 232 g/mol. The maximum Gasteiger partial charge on any atom is 0.287 e. The van der Waals surface area contributed by atoms with Gasteiger partial charge in [-0.3, -0.25) is 9.79 Å². The molecule has 1 aromatic rings. The molecule has 0 bridgehead atoms. The monoisotopic (exact) mass is 252 g/mol. The molecular formula is C12H20N4O2. The van der Waals surface area contributed by atoms with Crippen molar-refractivity contribution in [2.75, 3.05) is 41.3 Å². The molecule has 0 fully saturated rings. The molecule has 0 saturated heterocycles. The molecule has 1 rings (SSSR count). The number of nitrogens with one attached hydrogen (secondary N) is 1. The van der Waals surface area contributed by atoms with Crippen LogP contribution in [-0.4, -0.2) is 62.9 Å². The van der Waals surface area contributed by atoms with Crippen molar-refractivity contribution in [3.63, 3.8) is 0 Å². The van der Waals surface area contributed by atoms with E-state index in [2.05, 4.69) is 10.3 Å². The van der Waals surface area contributed by atoms with Crippen LogP contribution in [0.5, 0.6) is 0 Å². The molecule has 0 aliphatic rings. The van der Waals surface area contributed by atoms with Crippen molar-refractivity contribution in [1.82, 2.24) is 15.1 Å². The van der Waals surface area contributed by atoms with Crippen molar-refractivity contribution in [2.24, 2.45) is 4.99 Å². The Morgan fingerprint density at radius 1 is 1.33 bits per heavy atom. The second-order valence-corrected chi connectivity index (χ2v) is 4.20. The average molecular weight is 252 g/mol. The van der Waals surface area contributed by atoms with Crippen LogP contribution >= 0.6 is 0 Å². The van der Waals surface area contributed by atoms with Gasteiger partial charge in [-0.2, -0.15) is 0 Å². The zero-order valence-electron chi connectivity index (χ0n) is 11.3. The Labute approximate surface area is 107 Å². The summed E-state index contributed by atoms with van der Waals surface area (Å²) >= 11 is 0. The van der Waals surface area contributed by atoms with Gasteiger partial charge in [0.25, 0.3) is 5.91 Å². The number of hydrogen-bond acceptors (Lipinski definition) is 3. The Bertz CT molecular complexity index is 386. The summed E-state index contributed by atoms with van der Waals surface area (Å²) in [6.07, 6.45) is 1.48. The van der Waals surface area contributed by atoms with Crippen molar-refractivity contribution in [3.05, 3.63) is 24.2 Å². The summed E-state index contributed by atoms with van der Waals surface area (Å²) in [7, 11) is 7.72. The van der Waals surface area contributed by atoms with E-state index in [9.17, 15) is 4.79 Å². The van der Waals surface area contributed by atoms with Gasteiger partial charge in [0, 0.05) is 34.7 Å². The van der Waals surface area contributed by atoms with Gasteiger partial charge in [0.1, 0.15) is 0 Å². The van der Waals surface area contributed by atoms with Gasteiger partial charge in [-0.1, -0.05) is 0 Å². The van der Waals surface area contributed by atoms with Crippen molar-refractivity contribution in [1.29, 1.82) is 0 Å². The van der Waals surface area contributed by atoms with Gasteiger partial charge in [-0.25, -0.2) is 0 Å². The van der Waals surface area contributed by atoms with E-state index < -0.39 is 0 Å². The Balaban J connectivity index is 2.38. The van der Waals surface area contributed by atoms with Crippen LogP contribution in [0.3, 0.4) is 0 Å². The highest BCUT2D eigenvalue weighted by molar-refractivity contribution is 5.91. The summed E-state index contributed by atoms with van der Waals surface area (Å²) < 4.78 is 4.99. The van der Waals surface area contributed by atoms with E-state index in [1.807, 2.05) is 38.0 Å². The van der Waals surface area contributed by atoms with Gasteiger partial charge in [0.15, 0.2) is 11.7 Å². The second-order valence-electron chi connectivity index (χ2n) is 4.20. The fourth-order valence-electron chi connectivity index (χ4n) is 1.50. The highest BCUT2D eigenvalue weighted by Gasteiger charge is 2.07. The number of nitrogens with zero attached hydrogens (tertiary/aromatic N) is 3. The minimum absolute atomic E-state index is 0.216. The fraction of sp³-hybridized carbons (Fsp3) is 0.500. The minimum atomic E-state index is -0.216. The zero-order chi connectivity index (χ0) is 13.5. The Kier molecular flexibility index (Phi) is 5.23. The normalized spacial score (nSPS) is 9.78. The Morgan fingerprint density at radius 2 is 2.00 bits per heavy atom. The number of rotatable bonds is 4. The Morgan fingerprint density at radius 3 is 2.50 bits per heavy atom. The summed E-state index contributed by atoms with van der Waals surface area (Å²) in [6.45, 7) is 1.00. The first-order chi connectivity index (χ1) is 8.52. The van der Waals surface area contributed by atoms with Crippen LogP contribution in [0.25, 0.3) is 0 Å². The molecule has 0 radical (unpaired) electrons. The number of aliphatic imine (C=N–C) groups is 1. The van der Waals surface area contributed by atoms with E-state index >= 15 is 0 Å². The van der Waals surface area contributed by atoms with E-state index in [4.69, 9.17) is 4.42 Å². The molecule has 1 amide bonds. The van der Waals surface area contributed by atoms with Gasteiger partial charge in [0.2, 0.25) is 0 Å². The van der Waals surface area contributed by atoms with Crippen LogP contribution in [0.4, 0.5) is 0 Å². The molecule has 6 nitrogen and oxygen atoms in total. The van der Waals surface area contributed by atoms with Crippen molar-refractivity contribution in [3.8, 4) is 0 Å². The van der Waals surface area contributed by atoms with E-state index in [1.54, 1.807) is 12.1 Å². The molecule has 0 unspecified atom stereocenters. The van der Waals surface area contributed by atoms with Crippen molar-refractivity contribution < 1.29 is 9.21 Å². The fourth-order valence-corrected chi connectivity index (χ4v) is 1.50. The maximum atomic E-state index is 11.5. The summed E-state index contributed by atoms with van der Waals surface area (Å²) in [5.41, 5.74) is 0. The van der Waals surface area contributed by atoms with Gasteiger partial charge in [-0.15, -0.1) is 0 Å². The topological polar surface area (TPSA) is 61.1 Å². The minimum Gasteiger partial charge on any atom is -0.459 e. The second kappa shape index (κ2) is 6.68. The summed E-state index contributed by atoms with van der Waals surface area (Å²) in [6, 6.07) is 3.31. The SMILES string of the molecule is CN(C)C(=NCCNC(=O)c1ccco1)N(C)C. The number of amides is 1. The third kappa shape index (κ3) is 4.12. The average Bonchev–Trinajstić information content (AvgIpc) is 2.80. The van der Waals surface area contributed by atoms with E-state index in [0.717, 1.165) is 5.96 Å². The lowest BCUT2D eigenvalue weighted by Crippen LogP contribution is -2.36. The predicted molar refractivity (Wildman–Crippen MR) is 70.7 cm³/mol. The number of carbonyl (C=O) groups is 1. The molecule has 0 aliphatic heterocycles. The molecule has 1 aromatic heterocycles. The largest absolute Gasteiger partial charge is 0.459 e. The van der Waals surface area contributed by atoms with Gasteiger partial charge < -0.3 is 19.5 Å². The number of carbonyl (C=O) groups excluding carboxylic acids is 1. The number of furan rings is 1. The third-order valence-electron chi connectivity index (χ3n) is 2.20. The predicted octanol–water partition coefficient (Wildman–Crippen LogP) is 0.489. The standard InChI is InChI=1S/C12H20N4O2/c1-15(2)12(16(3)4)14-8-7-13-11(17)10-6-5-9-18-10/h5-6,9H,7-8H2,1-4H3,(H,13,17). The van der Waals surface area contributed by atoms with E-state index in [1.165, 1.54) is 6.26 Å². The highest BCUT2D eigenvalue weighted by Crippen LogP contribution is 1.98. The molecule has 0 aliphatic carbocycles. The zero-order valence-corrected chi connectivity index (χ0v) is 11.3. The lowest BCUT2D eigenvalue weighted by molar-refractivity contribution is 0.0927.